The Morgan fingerprint density at radius 1 is 1.33 bits per heavy atom. The maximum absolute atomic E-state index is 5.53. The molecule has 1 aliphatic carbocycles. The summed E-state index contributed by atoms with van der Waals surface area (Å²) < 4.78 is 0. The van der Waals surface area contributed by atoms with Gasteiger partial charge in [-0.2, -0.15) is 0 Å². The first-order valence-corrected chi connectivity index (χ1v) is 7.08. The van der Waals surface area contributed by atoms with Crippen LogP contribution in [0.4, 0.5) is 5.69 Å². The number of rotatable bonds is 5. The zero-order valence-corrected chi connectivity index (χ0v) is 11.3. The standard InChI is InChI=1S/C14H24N4/c1-11-17-10-13(16-9-5-8-15)14(18-11)12-6-3-2-4-7-12/h10,12,16H,2-9,15H2,1H3. The number of hydrogen-bond acceptors (Lipinski definition) is 4. The van der Waals surface area contributed by atoms with E-state index in [4.69, 9.17) is 5.73 Å². The molecular formula is C14H24N4. The Balaban J connectivity index is 2.11. The maximum atomic E-state index is 5.53. The van der Waals surface area contributed by atoms with E-state index in [2.05, 4.69) is 15.3 Å². The molecule has 0 atom stereocenters. The van der Waals surface area contributed by atoms with Crippen LogP contribution in [0.15, 0.2) is 6.20 Å². The third kappa shape index (κ3) is 3.42. The van der Waals surface area contributed by atoms with Gasteiger partial charge in [0.2, 0.25) is 0 Å². The summed E-state index contributed by atoms with van der Waals surface area (Å²) in [6, 6.07) is 0. The quantitative estimate of drug-likeness (QED) is 0.786. The first kappa shape index (κ1) is 13.3. The minimum Gasteiger partial charge on any atom is -0.382 e. The smallest absolute Gasteiger partial charge is 0.125 e. The van der Waals surface area contributed by atoms with Gasteiger partial charge < -0.3 is 11.1 Å². The molecular weight excluding hydrogens is 224 g/mol. The van der Waals surface area contributed by atoms with E-state index in [1.165, 1.54) is 37.8 Å². The molecule has 100 valence electrons. The first-order chi connectivity index (χ1) is 8.81. The lowest BCUT2D eigenvalue weighted by molar-refractivity contribution is 0.436. The molecule has 0 bridgehead atoms. The third-order valence-corrected chi connectivity index (χ3v) is 3.63. The van der Waals surface area contributed by atoms with Crippen molar-refractivity contribution in [2.24, 2.45) is 5.73 Å². The van der Waals surface area contributed by atoms with Gasteiger partial charge in [-0.15, -0.1) is 0 Å². The second-order valence-electron chi connectivity index (χ2n) is 5.12. The van der Waals surface area contributed by atoms with E-state index in [0.717, 1.165) is 31.0 Å². The van der Waals surface area contributed by atoms with E-state index in [1.807, 2.05) is 13.1 Å². The normalized spacial score (nSPS) is 16.8. The summed E-state index contributed by atoms with van der Waals surface area (Å²) in [5.74, 6) is 1.49. The number of aryl methyl sites for hydroxylation is 1. The van der Waals surface area contributed by atoms with Crippen molar-refractivity contribution < 1.29 is 0 Å². The summed E-state index contributed by atoms with van der Waals surface area (Å²) in [5.41, 5.74) is 7.86. The number of nitrogens with one attached hydrogen (secondary N) is 1. The highest BCUT2D eigenvalue weighted by molar-refractivity contribution is 5.47. The van der Waals surface area contributed by atoms with Gasteiger partial charge in [-0.1, -0.05) is 19.3 Å². The number of anilines is 1. The number of nitrogens with two attached hydrogens (primary N) is 1. The molecule has 0 radical (unpaired) electrons. The molecule has 1 saturated carbocycles. The average Bonchev–Trinajstić information content (AvgIpc) is 2.41. The molecule has 4 heteroatoms. The van der Waals surface area contributed by atoms with Crippen LogP contribution in [0.2, 0.25) is 0 Å². The predicted octanol–water partition coefficient (Wildman–Crippen LogP) is 2.59. The molecule has 0 saturated heterocycles. The monoisotopic (exact) mass is 248 g/mol. The Labute approximate surface area is 109 Å². The van der Waals surface area contributed by atoms with E-state index in [-0.39, 0.29) is 0 Å². The summed E-state index contributed by atoms with van der Waals surface area (Å²) in [6.45, 7) is 3.59. The maximum Gasteiger partial charge on any atom is 0.125 e. The number of nitrogens with zero attached hydrogens (tertiary/aromatic N) is 2. The molecule has 0 amide bonds. The third-order valence-electron chi connectivity index (χ3n) is 3.63. The molecule has 4 nitrogen and oxygen atoms in total. The Morgan fingerprint density at radius 2 is 2.11 bits per heavy atom. The molecule has 1 fully saturated rings. The van der Waals surface area contributed by atoms with Gasteiger partial charge >= 0.3 is 0 Å². The lowest BCUT2D eigenvalue weighted by atomic mass is 9.86. The van der Waals surface area contributed by atoms with Gasteiger partial charge in [0.05, 0.1) is 17.6 Å². The van der Waals surface area contributed by atoms with Crippen molar-refractivity contribution in [2.45, 2.75) is 51.4 Å². The summed E-state index contributed by atoms with van der Waals surface area (Å²) >= 11 is 0. The predicted molar refractivity (Wildman–Crippen MR) is 74.8 cm³/mol. The first-order valence-electron chi connectivity index (χ1n) is 7.08. The van der Waals surface area contributed by atoms with Crippen LogP contribution in [0.3, 0.4) is 0 Å². The highest BCUT2D eigenvalue weighted by Gasteiger charge is 2.20. The highest BCUT2D eigenvalue weighted by Crippen LogP contribution is 2.34. The van der Waals surface area contributed by atoms with Crippen LogP contribution < -0.4 is 11.1 Å². The van der Waals surface area contributed by atoms with Gasteiger partial charge in [0.25, 0.3) is 0 Å². The molecule has 3 N–H and O–H groups in total. The van der Waals surface area contributed by atoms with Gasteiger partial charge in [-0.05, 0) is 32.7 Å². The molecule has 0 aliphatic heterocycles. The van der Waals surface area contributed by atoms with Crippen LogP contribution in [0.1, 0.15) is 56.0 Å². The number of hydrogen-bond donors (Lipinski definition) is 2. The summed E-state index contributed by atoms with van der Waals surface area (Å²) in [6.07, 6.45) is 9.48. The van der Waals surface area contributed by atoms with E-state index >= 15 is 0 Å². The van der Waals surface area contributed by atoms with Gasteiger partial charge in [-0.25, -0.2) is 9.97 Å². The van der Waals surface area contributed by atoms with Crippen LogP contribution in [-0.2, 0) is 0 Å². The molecule has 0 unspecified atom stereocenters. The molecule has 1 aromatic rings. The zero-order valence-electron chi connectivity index (χ0n) is 11.3. The zero-order chi connectivity index (χ0) is 12.8. The molecule has 0 aromatic carbocycles. The molecule has 18 heavy (non-hydrogen) atoms. The fourth-order valence-electron chi connectivity index (χ4n) is 2.64. The fraction of sp³-hybridized carbons (Fsp3) is 0.714. The Bertz CT molecular complexity index is 372. The van der Waals surface area contributed by atoms with E-state index in [9.17, 15) is 0 Å². The SMILES string of the molecule is Cc1ncc(NCCCN)c(C2CCCCC2)n1. The number of aromatic nitrogens is 2. The van der Waals surface area contributed by atoms with Crippen molar-refractivity contribution in [1.29, 1.82) is 0 Å². The van der Waals surface area contributed by atoms with Gasteiger partial charge in [-0.3, -0.25) is 0 Å². The van der Waals surface area contributed by atoms with E-state index in [0.29, 0.717) is 5.92 Å². The van der Waals surface area contributed by atoms with Crippen LogP contribution in [0.5, 0.6) is 0 Å². The molecule has 2 rings (SSSR count). The summed E-state index contributed by atoms with van der Waals surface area (Å²) in [4.78, 5) is 8.98. The molecule has 1 aliphatic rings. The Hall–Kier alpha value is -1.16. The topological polar surface area (TPSA) is 63.8 Å². The largest absolute Gasteiger partial charge is 0.382 e. The van der Waals surface area contributed by atoms with Gasteiger partial charge in [0, 0.05) is 12.5 Å². The minimum absolute atomic E-state index is 0.612. The Kier molecular flexibility index (Phi) is 4.93. The van der Waals surface area contributed by atoms with Crippen LogP contribution >= 0.6 is 0 Å². The lowest BCUT2D eigenvalue weighted by Gasteiger charge is -2.23. The molecule has 0 spiro atoms. The van der Waals surface area contributed by atoms with Crippen molar-refractivity contribution in [2.75, 3.05) is 18.4 Å². The second-order valence-corrected chi connectivity index (χ2v) is 5.12. The second kappa shape index (κ2) is 6.69. The van der Waals surface area contributed by atoms with Crippen molar-refractivity contribution in [3.8, 4) is 0 Å². The molecule has 1 heterocycles. The average molecular weight is 248 g/mol. The van der Waals surface area contributed by atoms with Crippen LogP contribution in [0, 0.1) is 6.92 Å². The van der Waals surface area contributed by atoms with Gasteiger partial charge in [0.15, 0.2) is 0 Å². The highest BCUT2D eigenvalue weighted by atomic mass is 15.0. The minimum atomic E-state index is 0.612. The van der Waals surface area contributed by atoms with E-state index in [1.54, 1.807) is 0 Å². The van der Waals surface area contributed by atoms with Crippen molar-refractivity contribution in [3.63, 3.8) is 0 Å². The van der Waals surface area contributed by atoms with Gasteiger partial charge in [0.1, 0.15) is 5.82 Å². The van der Waals surface area contributed by atoms with Crippen molar-refractivity contribution in [3.05, 3.63) is 17.7 Å². The summed E-state index contributed by atoms with van der Waals surface area (Å²) in [5, 5.41) is 3.43. The van der Waals surface area contributed by atoms with Crippen molar-refractivity contribution >= 4 is 5.69 Å². The van der Waals surface area contributed by atoms with Crippen LogP contribution in [0.25, 0.3) is 0 Å². The summed E-state index contributed by atoms with van der Waals surface area (Å²) in [7, 11) is 0. The van der Waals surface area contributed by atoms with E-state index < -0.39 is 0 Å². The Morgan fingerprint density at radius 3 is 2.83 bits per heavy atom. The van der Waals surface area contributed by atoms with Crippen LogP contribution in [-0.4, -0.2) is 23.1 Å². The van der Waals surface area contributed by atoms with Crippen molar-refractivity contribution in [1.82, 2.24) is 9.97 Å². The lowest BCUT2D eigenvalue weighted by Crippen LogP contribution is -2.14. The molecule has 1 aromatic heterocycles. The fourth-order valence-corrected chi connectivity index (χ4v) is 2.64.